The van der Waals surface area contributed by atoms with Crippen LogP contribution < -0.4 is 10.6 Å². The molecular weight excluding hydrogens is 253 g/mol. The lowest BCUT2D eigenvalue weighted by atomic mass is 10.2. The van der Waals surface area contributed by atoms with Gasteiger partial charge in [-0.2, -0.15) is 24.9 Å². The predicted octanol–water partition coefficient (Wildman–Crippen LogP) is 2.77. The fraction of sp³-hybridized carbons (Fsp3) is 0.900. The van der Waals surface area contributed by atoms with E-state index in [9.17, 15) is 18.0 Å². The van der Waals surface area contributed by atoms with E-state index in [1.807, 2.05) is 6.26 Å². The van der Waals surface area contributed by atoms with Crippen molar-refractivity contribution in [2.45, 2.75) is 31.9 Å². The van der Waals surface area contributed by atoms with Crippen molar-refractivity contribution in [3.05, 3.63) is 0 Å². The zero-order valence-electron chi connectivity index (χ0n) is 9.90. The maximum Gasteiger partial charge on any atom is 0.405 e. The van der Waals surface area contributed by atoms with E-state index in [0.717, 1.165) is 31.4 Å². The van der Waals surface area contributed by atoms with Gasteiger partial charge in [0.25, 0.3) is 0 Å². The van der Waals surface area contributed by atoms with E-state index in [0.29, 0.717) is 6.54 Å². The van der Waals surface area contributed by atoms with Crippen LogP contribution in [0.3, 0.4) is 0 Å². The Hall–Kier alpha value is -0.590. The first-order valence-electron chi connectivity index (χ1n) is 5.53. The Balaban J connectivity index is 3.28. The first-order chi connectivity index (χ1) is 7.95. The summed E-state index contributed by atoms with van der Waals surface area (Å²) in [4.78, 5) is 10.9. The molecule has 7 heteroatoms. The molecule has 0 aliphatic heterocycles. The quantitative estimate of drug-likeness (QED) is 0.667. The van der Waals surface area contributed by atoms with Crippen LogP contribution in [-0.2, 0) is 0 Å². The maximum atomic E-state index is 11.7. The molecule has 0 rings (SSSR count). The zero-order valence-corrected chi connectivity index (χ0v) is 10.7. The minimum absolute atomic E-state index is 0.420. The van der Waals surface area contributed by atoms with E-state index < -0.39 is 18.8 Å². The van der Waals surface area contributed by atoms with Crippen molar-refractivity contribution in [3.8, 4) is 0 Å². The van der Waals surface area contributed by atoms with Crippen LogP contribution in [0.1, 0.15) is 25.7 Å². The second-order valence-corrected chi connectivity index (χ2v) is 4.62. The number of hydrogen-bond acceptors (Lipinski definition) is 2. The third-order valence-corrected chi connectivity index (χ3v) is 2.71. The van der Waals surface area contributed by atoms with Gasteiger partial charge >= 0.3 is 12.2 Å². The van der Waals surface area contributed by atoms with Crippen molar-refractivity contribution in [2.75, 3.05) is 25.1 Å². The summed E-state index contributed by atoms with van der Waals surface area (Å²) in [6, 6.07) is -0.758. The molecule has 0 saturated carbocycles. The molecule has 0 bridgehead atoms. The summed E-state index contributed by atoms with van der Waals surface area (Å²) < 4.78 is 35.2. The van der Waals surface area contributed by atoms with Gasteiger partial charge in [-0.1, -0.05) is 12.8 Å². The Morgan fingerprint density at radius 3 is 2.35 bits per heavy atom. The number of unbranched alkanes of at least 4 members (excludes halogenated alkanes) is 3. The molecule has 17 heavy (non-hydrogen) atoms. The highest BCUT2D eigenvalue weighted by Crippen LogP contribution is 2.11. The van der Waals surface area contributed by atoms with E-state index in [4.69, 9.17) is 0 Å². The second-order valence-electron chi connectivity index (χ2n) is 3.63. The summed E-state index contributed by atoms with van der Waals surface area (Å²) in [6.45, 7) is -0.866. The van der Waals surface area contributed by atoms with Crippen LogP contribution in [0, 0.1) is 0 Å². The number of hydrogen-bond donors (Lipinski definition) is 2. The first-order valence-corrected chi connectivity index (χ1v) is 6.92. The Morgan fingerprint density at radius 2 is 1.76 bits per heavy atom. The van der Waals surface area contributed by atoms with E-state index in [1.165, 1.54) is 0 Å². The lowest BCUT2D eigenvalue weighted by Gasteiger charge is -2.09. The number of urea groups is 1. The predicted molar refractivity (Wildman–Crippen MR) is 64.3 cm³/mol. The van der Waals surface area contributed by atoms with Crippen LogP contribution in [0.2, 0.25) is 0 Å². The third kappa shape index (κ3) is 13.3. The summed E-state index contributed by atoms with van der Waals surface area (Å²) >= 11 is 1.79. The zero-order chi connectivity index (χ0) is 13.1. The number of rotatable bonds is 8. The van der Waals surface area contributed by atoms with Gasteiger partial charge in [0.15, 0.2) is 0 Å². The molecule has 0 spiro atoms. The van der Waals surface area contributed by atoms with Crippen LogP contribution in [0.5, 0.6) is 0 Å². The molecule has 3 nitrogen and oxygen atoms in total. The minimum Gasteiger partial charge on any atom is -0.338 e. The number of thioether (sulfide) groups is 1. The molecule has 0 fully saturated rings. The Kier molecular flexibility index (Phi) is 9.11. The molecule has 0 atom stereocenters. The number of alkyl halides is 3. The fourth-order valence-corrected chi connectivity index (χ4v) is 1.66. The van der Waals surface area contributed by atoms with Gasteiger partial charge in [0.1, 0.15) is 6.54 Å². The summed E-state index contributed by atoms with van der Waals surface area (Å²) in [7, 11) is 0. The van der Waals surface area contributed by atoms with Gasteiger partial charge in [-0.05, 0) is 24.9 Å². The molecule has 0 aliphatic rings. The normalized spacial score (nSPS) is 11.3. The highest BCUT2D eigenvalue weighted by molar-refractivity contribution is 7.98. The van der Waals surface area contributed by atoms with E-state index >= 15 is 0 Å². The molecular formula is C10H19F3N2OS. The number of halogens is 3. The lowest BCUT2D eigenvalue weighted by molar-refractivity contribution is -0.122. The van der Waals surface area contributed by atoms with Gasteiger partial charge in [0.05, 0.1) is 0 Å². The van der Waals surface area contributed by atoms with Crippen molar-refractivity contribution >= 4 is 17.8 Å². The molecule has 0 unspecified atom stereocenters. The Labute approximate surface area is 104 Å². The van der Waals surface area contributed by atoms with Crippen molar-refractivity contribution in [1.29, 1.82) is 0 Å². The highest BCUT2D eigenvalue weighted by atomic mass is 32.2. The fourth-order valence-electron chi connectivity index (χ4n) is 1.17. The molecule has 0 radical (unpaired) electrons. The molecule has 102 valence electrons. The number of carbonyl (C=O) groups is 1. The molecule has 2 N–H and O–H groups in total. The van der Waals surface area contributed by atoms with Crippen LogP contribution >= 0.6 is 11.8 Å². The summed E-state index contributed by atoms with van der Waals surface area (Å²) in [5, 5.41) is 4.15. The van der Waals surface area contributed by atoms with Gasteiger partial charge in [-0.25, -0.2) is 4.79 Å². The molecule has 0 aromatic heterocycles. The SMILES string of the molecule is CSCCCCCCNC(=O)NCC(F)(F)F. The number of carbonyl (C=O) groups excluding carboxylic acids is 1. The summed E-state index contributed by atoms with van der Waals surface area (Å²) in [6.07, 6.45) is 1.71. The molecule has 0 aliphatic carbocycles. The van der Waals surface area contributed by atoms with Crippen molar-refractivity contribution in [3.63, 3.8) is 0 Å². The van der Waals surface area contributed by atoms with E-state index in [2.05, 4.69) is 5.32 Å². The molecule has 0 saturated heterocycles. The van der Waals surface area contributed by atoms with Crippen LogP contribution in [0.25, 0.3) is 0 Å². The summed E-state index contributed by atoms with van der Waals surface area (Å²) in [5.74, 6) is 1.12. The minimum atomic E-state index is -4.35. The average Bonchev–Trinajstić information content (AvgIpc) is 2.24. The van der Waals surface area contributed by atoms with Gasteiger partial charge in [-0.3, -0.25) is 0 Å². The van der Waals surface area contributed by atoms with Crippen molar-refractivity contribution in [1.82, 2.24) is 10.6 Å². The van der Waals surface area contributed by atoms with Gasteiger partial charge in [-0.15, -0.1) is 0 Å². The third-order valence-electron chi connectivity index (χ3n) is 2.01. The first kappa shape index (κ1) is 16.4. The highest BCUT2D eigenvalue weighted by Gasteiger charge is 2.27. The standard InChI is InChI=1S/C10H19F3N2OS/c1-17-7-5-3-2-4-6-14-9(16)15-8-10(11,12)13/h2-8H2,1H3,(H2,14,15,16). The van der Waals surface area contributed by atoms with Crippen molar-refractivity contribution in [2.24, 2.45) is 0 Å². The smallest absolute Gasteiger partial charge is 0.338 e. The molecule has 2 amide bonds. The van der Waals surface area contributed by atoms with E-state index in [-0.39, 0.29) is 0 Å². The van der Waals surface area contributed by atoms with Crippen LogP contribution in [-0.4, -0.2) is 37.3 Å². The summed E-state index contributed by atoms with van der Waals surface area (Å²) in [5.41, 5.74) is 0. The monoisotopic (exact) mass is 272 g/mol. The average molecular weight is 272 g/mol. The van der Waals surface area contributed by atoms with E-state index in [1.54, 1.807) is 17.1 Å². The topological polar surface area (TPSA) is 41.1 Å². The maximum absolute atomic E-state index is 11.7. The van der Waals surface area contributed by atoms with Crippen LogP contribution in [0.4, 0.5) is 18.0 Å². The Bertz CT molecular complexity index is 212. The van der Waals surface area contributed by atoms with Crippen molar-refractivity contribution < 1.29 is 18.0 Å². The number of nitrogens with one attached hydrogen (secondary N) is 2. The lowest BCUT2D eigenvalue weighted by Crippen LogP contribution is -2.41. The van der Waals surface area contributed by atoms with Gasteiger partial charge in [0.2, 0.25) is 0 Å². The molecule has 0 aromatic carbocycles. The largest absolute Gasteiger partial charge is 0.405 e. The molecule has 0 heterocycles. The van der Waals surface area contributed by atoms with Crippen LogP contribution in [0.15, 0.2) is 0 Å². The number of amides is 2. The molecule has 0 aromatic rings. The second kappa shape index (κ2) is 9.44. The van der Waals surface area contributed by atoms with Gasteiger partial charge in [0, 0.05) is 6.54 Å². The van der Waals surface area contributed by atoms with Gasteiger partial charge < -0.3 is 10.6 Å². The Morgan fingerprint density at radius 1 is 1.12 bits per heavy atom.